The lowest BCUT2D eigenvalue weighted by atomic mass is 9.98. The van der Waals surface area contributed by atoms with Crippen molar-refractivity contribution in [3.63, 3.8) is 0 Å². The molecule has 28 heavy (non-hydrogen) atoms. The van der Waals surface area contributed by atoms with Crippen molar-refractivity contribution < 1.29 is 39.8 Å². The monoisotopic (exact) mass is 442 g/mol. The molecule has 0 spiro atoms. The molecule has 0 saturated heterocycles. The third-order valence-electron chi connectivity index (χ3n) is 3.90. The molecule has 2 atom stereocenters. The molecule has 1 aliphatic heterocycles. The number of aliphatic hydroxyl groups excluding tert-OH is 1. The molecular formula is C14H22N2O10S2. The number of nitrogens with zero attached hydrogens (tertiary/aromatic N) is 2. The minimum absolute atomic E-state index is 0.121. The maximum absolute atomic E-state index is 11.7. The summed E-state index contributed by atoms with van der Waals surface area (Å²) in [6, 6.07) is -0.121. The molecule has 1 aromatic heterocycles. The second kappa shape index (κ2) is 8.04. The van der Waals surface area contributed by atoms with Crippen LogP contribution in [0.3, 0.4) is 0 Å². The number of aromatic nitrogens is 2. The number of hydrogen-bond acceptors (Lipinski definition) is 11. The molecule has 0 aromatic carbocycles. The second-order valence-electron chi connectivity index (χ2n) is 6.46. The first-order chi connectivity index (χ1) is 12.7. The Kier molecular flexibility index (Phi) is 6.52. The highest BCUT2D eigenvalue weighted by molar-refractivity contribution is 7.86. The Labute approximate surface area is 162 Å². The lowest BCUT2D eigenvalue weighted by molar-refractivity contribution is -0.214. The zero-order chi connectivity index (χ0) is 21.3. The van der Waals surface area contributed by atoms with E-state index < -0.39 is 63.5 Å². The fraction of sp³-hybridized carbons (Fsp3) is 0.714. The van der Waals surface area contributed by atoms with E-state index >= 15 is 0 Å². The quantitative estimate of drug-likeness (QED) is 0.512. The molecule has 1 N–H and O–H groups in total. The van der Waals surface area contributed by atoms with E-state index in [9.17, 15) is 26.7 Å². The summed E-state index contributed by atoms with van der Waals surface area (Å²) in [6.07, 6.45) is 0.460. The zero-order valence-corrected chi connectivity index (χ0v) is 17.3. The summed E-state index contributed by atoms with van der Waals surface area (Å²) in [7, 11) is -7.90. The molecule has 1 aromatic rings. The Morgan fingerprint density at radius 1 is 1.25 bits per heavy atom. The van der Waals surface area contributed by atoms with Crippen molar-refractivity contribution in [1.29, 1.82) is 0 Å². The van der Waals surface area contributed by atoms with Gasteiger partial charge in [0, 0.05) is 11.8 Å². The largest absolute Gasteiger partial charge is 0.462 e. The number of rotatable bonds is 6. The van der Waals surface area contributed by atoms with Gasteiger partial charge in [-0.3, -0.25) is 17.7 Å². The lowest BCUT2D eigenvalue weighted by Crippen LogP contribution is -2.57. The van der Waals surface area contributed by atoms with Crippen LogP contribution in [0.5, 0.6) is 6.01 Å². The van der Waals surface area contributed by atoms with Crippen molar-refractivity contribution in [3.05, 3.63) is 22.1 Å². The molecule has 1 aliphatic rings. The van der Waals surface area contributed by atoms with Crippen LogP contribution in [0.15, 0.2) is 11.0 Å². The number of ether oxygens (including phenoxy) is 2. The maximum Gasteiger partial charge on any atom is 0.301 e. The highest BCUT2D eigenvalue weighted by Crippen LogP contribution is 2.30. The zero-order valence-electron chi connectivity index (χ0n) is 15.7. The van der Waals surface area contributed by atoms with Crippen LogP contribution in [0, 0.1) is 6.92 Å². The summed E-state index contributed by atoms with van der Waals surface area (Å²) in [5.74, 6) is 0. The number of aryl methyl sites for hydroxylation is 1. The molecular weight excluding hydrogens is 420 g/mol. The smallest absolute Gasteiger partial charge is 0.301 e. The third-order valence-corrected chi connectivity index (χ3v) is 4.99. The van der Waals surface area contributed by atoms with Gasteiger partial charge in [0.25, 0.3) is 25.8 Å². The van der Waals surface area contributed by atoms with Crippen LogP contribution in [-0.2, 0) is 33.3 Å². The van der Waals surface area contributed by atoms with Gasteiger partial charge in [-0.2, -0.15) is 21.8 Å². The van der Waals surface area contributed by atoms with Crippen molar-refractivity contribution in [3.8, 4) is 6.01 Å². The van der Waals surface area contributed by atoms with Crippen molar-refractivity contribution in [2.45, 2.75) is 31.8 Å². The minimum atomic E-state index is -3.95. The first kappa shape index (κ1) is 22.7. The Hall–Kier alpha value is -1.58. The van der Waals surface area contributed by atoms with Crippen LogP contribution in [0.25, 0.3) is 0 Å². The van der Waals surface area contributed by atoms with Gasteiger partial charge in [-0.05, 0) is 13.8 Å². The molecule has 0 fully saturated rings. The summed E-state index contributed by atoms with van der Waals surface area (Å²) in [5, 5.41) is 10.6. The fourth-order valence-corrected chi connectivity index (χ4v) is 3.24. The van der Waals surface area contributed by atoms with Crippen molar-refractivity contribution in [2.75, 3.05) is 32.3 Å². The summed E-state index contributed by atoms with van der Waals surface area (Å²) in [6.45, 7) is 1.06. The van der Waals surface area contributed by atoms with Crippen LogP contribution < -0.4 is 10.3 Å². The Bertz CT molecular complexity index is 950. The van der Waals surface area contributed by atoms with Gasteiger partial charge in [0.05, 0.1) is 12.5 Å². The number of fused-ring (bicyclic) bond motifs is 1. The van der Waals surface area contributed by atoms with Crippen LogP contribution in [0.1, 0.15) is 18.7 Å². The number of aliphatic hydroxyl groups is 1. The van der Waals surface area contributed by atoms with Gasteiger partial charge in [-0.1, -0.05) is 0 Å². The SMILES string of the molecule is Cc1cn2c(nc1=O)OC[C@@H](O)C(COS(C)(=O)=O)(COS(C)(=O)=O)OC2C. The first-order valence-corrected chi connectivity index (χ1v) is 11.6. The molecule has 2 heterocycles. The van der Waals surface area contributed by atoms with E-state index in [1.165, 1.54) is 24.6 Å². The van der Waals surface area contributed by atoms with E-state index in [2.05, 4.69) is 4.98 Å². The van der Waals surface area contributed by atoms with Crippen molar-refractivity contribution >= 4 is 20.2 Å². The summed E-state index contributed by atoms with van der Waals surface area (Å²) in [4.78, 5) is 15.5. The third kappa shape index (κ3) is 5.71. The molecule has 0 radical (unpaired) electrons. The predicted octanol–water partition coefficient (Wildman–Crippen LogP) is -1.47. The van der Waals surface area contributed by atoms with E-state index in [-0.39, 0.29) is 11.6 Å². The fourth-order valence-electron chi connectivity index (χ4n) is 2.42. The van der Waals surface area contributed by atoms with Crippen LogP contribution in [0.2, 0.25) is 0 Å². The highest BCUT2D eigenvalue weighted by Gasteiger charge is 2.46. The van der Waals surface area contributed by atoms with E-state index in [0.29, 0.717) is 0 Å². The molecule has 0 bridgehead atoms. The molecule has 14 heteroatoms. The predicted molar refractivity (Wildman–Crippen MR) is 94.9 cm³/mol. The summed E-state index contributed by atoms with van der Waals surface area (Å²) < 4.78 is 67.8. The van der Waals surface area contributed by atoms with Crippen LogP contribution in [0.4, 0.5) is 0 Å². The molecule has 160 valence electrons. The van der Waals surface area contributed by atoms with Crippen molar-refractivity contribution in [1.82, 2.24) is 9.55 Å². The van der Waals surface area contributed by atoms with E-state index in [1.807, 2.05) is 0 Å². The Morgan fingerprint density at radius 3 is 2.29 bits per heavy atom. The Morgan fingerprint density at radius 2 is 1.79 bits per heavy atom. The molecule has 0 aliphatic carbocycles. The second-order valence-corrected chi connectivity index (χ2v) is 9.75. The average Bonchev–Trinajstić information content (AvgIpc) is 2.55. The van der Waals surface area contributed by atoms with Crippen LogP contribution in [-0.4, -0.2) is 75.5 Å². The first-order valence-electron chi connectivity index (χ1n) is 8.00. The molecule has 1 unspecified atom stereocenters. The Balaban J connectivity index is 2.47. The molecule has 12 nitrogen and oxygen atoms in total. The van der Waals surface area contributed by atoms with E-state index in [4.69, 9.17) is 17.8 Å². The summed E-state index contributed by atoms with van der Waals surface area (Å²) in [5.41, 5.74) is -2.16. The van der Waals surface area contributed by atoms with E-state index in [0.717, 1.165) is 12.5 Å². The van der Waals surface area contributed by atoms with Gasteiger partial charge in [-0.25, -0.2) is 0 Å². The molecule has 0 amide bonds. The van der Waals surface area contributed by atoms with Crippen LogP contribution >= 0.6 is 0 Å². The lowest BCUT2D eigenvalue weighted by Gasteiger charge is -2.40. The van der Waals surface area contributed by atoms with E-state index in [1.54, 1.807) is 0 Å². The van der Waals surface area contributed by atoms with Gasteiger partial charge in [0.15, 0.2) is 0 Å². The standard InChI is InChI=1S/C14H22N2O10S2/c1-9-5-16-10(2)26-14(7-24-27(3,19)20,8-25-28(4,21)22)11(17)6-23-13(16)15-12(9)18/h5,10-11,17H,6-8H2,1-4H3/t10?,11-/m1/s1. The topological polar surface area (TPSA) is 160 Å². The van der Waals surface area contributed by atoms with Gasteiger partial charge in [0.1, 0.15) is 37.8 Å². The molecule has 2 rings (SSSR count). The van der Waals surface area contributed by atoms with Gasteiger partial charge in [-0.15, -0.1) is 0 Å². The van der Waals surface area contributed by atoms with Crippen molar-refractivity contribution in [2.24, 2.45) is 0 Å². The van der Waals surface area contributed by atoms with Gasteiger partial charge in [0.2, 0.25) is 0 Å². The maximum atomic E-state index is 11.7. The average molecular weight is 442 g/mol. The normalized spacial score (nSPS) is 22.6. The highest BCUT2D eigenvalue weighted by atomic mass is 32.2. The van der Waals surface area contributed by atoms with Gasteiger partial charge < -0.3 is 14.6 Å². The minimum Gasteiger partial charge on any atom is -0.462 e. The summed E-state index contributed by atoms with van der Waals surface area (Å²) >= 11 is 0. The van der Waals surface area contributed by atoms with Gasteiger partial charge >= 0.3 is 6.01 Å². The number of hydrogen-bond donors (Lipinski definition) is 1. The molecule has 0 saturated carbocycles.